The summed E-state index contributed by atoms with van der Waals surface area (Å²) in [6, 6.07) is 66.8. The molecular formula is C51H31N3O. The topological polar surface area (TPSA) is 62.7 Å². The van der Waals surface area contributed by atoms with Crippen molar-refractivity contribution in [3.8, 4) is 73.4 Å². The Morgan fingerprint density at radius 2 is 0.982 bits per heavy atom. The van der Waals surface area contributed by atoms with Crippen molar-refractivity contribution in [2.24, 2.45) is 0 Å². The molecule has 10 aromatic rings. The van der Waals surface area contributed by atoms with Gasteiger partial charge in [0.1, 0.15) is 11.2 Å². The highest BCUT2D eigenvalue weighted by Gasteiger charge is 2.18. The van der Waals surface area contributed by atoms with Crippen LogP contribution in [0.25, 0.3) is 100.0 Å². The predicted octanol–water partition coefficient (Wildman–Crippen LogP) is 13.4. The Morgan fingerprint density at radius 1 is 0.400 bits per heavy atom. The fourth-order valence-electron chi connectivity index (χ4n) is 7.62. The van der Waals surface area contributed by atoms with Crippen molar-refractivity contribution < 1.29 is 4.42 Å². The van der Waals surface area contributed by atoms with Gasteiger partial charge in [-0.15, -0.1) is 0 Å². The predicted molar refractivity (Wildman–Crippen MR) is 224 cm³/mol. The molecule has 0 aliphatic carbocycles. The van der Waals surface area contributed by atoms with Gasteiger partial charge in [0.25, 0.3) is 0 Å². The van der Waals surface area contributed by atoms with Gasteiger partial charge in [0.2, 0.25) is 0 Å². The average Bonchev–Trinajstić information content (AvgIpc) is 3.66. The number of nitrogens with zero attached hydrogens (tertiary/aromatic N) is 3. The molecule has 0 aliphatic rings. The molecule has 0 N–H and O–H groups in total. The second-order valence-corrected chi connectivity index (χ2v) is 13.7. The molecule has 0 saturated carbocycles. The molecule has 2 heterocycles. The first kappa shape index (κ1) is 32.1. The van der Waals surface area contributed by atoms with E-state index in [9.17, 15) is 5.26 Å². The van der Waals surface area contributed by atoms with Crippen LogP contribution in [0.4, 0.5) is 0 Å². The smallest absolute Gasteiger partial charge is 0.160 e. The molecule has 4 nitrogen and oxygen atoms in total. The van der Waals surface area contributed by atoms with Crippen molar-refractivity contribution in [1.82, 2.24) is 9.97 Å². The van der Waals surface area contributed by atoms with E-state index in [4.69, 9.17) is 14.4 Å². The summed E-state index contributed by atoms with van der Waals surface area (Å²) in [5.74, 6) is 0.701. The molecule has 0 saturated heterocycles. The highest BCUT2D eigenvalue weighted by Crippen LogP contribution is 2.43. The van der Waals surface area contributed by atoms with E-state index in [0.29, 0.717) is 11.4 Å². The Labute approximate surface area is 318 Å². The van der Waals surface area contributed by atoms with Gasteiger partial charge in [0.05, 0.1) is 23.0 Å². The first-order valence-corrected chi connectivity index (χ1v) is 18.3. The molecular weight excluding hydrogens is 671 g/mol. The number of nitriles is 1. The van der Waals surface area contributed by atoms with Crippen molar-refractivity contribution in [1.29, 1.82) is 5.26 Å². The first-order chi connectivity index (χ1) is 27.2. The zero-order valence-electron chi connectivity index (χ0n) is 29.6. The Balaban J connectivity index is 1.06. The third kappa shape index (κ3) is 5.81. The van der Waals surface area contributed by atoms with Gasteiger partial charge < -0.3 is 4.42 Å². The lowest BCUT2D eigenvalue weighted by Gasteiger charge is -2.11. The molecule has 0 unspecified atom stereocenters. The normalized spacial score (nSPS) is 11.3. The number of furan rings is 1. The van der Waals surface area contributed by atoms with Gasteiger partial charge in [-0.3, -0.25) is 0 Å². The molecule has 0 bridgehead atoms. The summed E-state index contributed by atoms with van der Waals surface area (Å²) in [7, 11) is 0. The van der Waals surface area contributed by atoms with E-state index < -0.39 is 0 Å². The van der Waals surface area contributed by atoms with Gasteiger partial charge in [-0.1, -0.05) is 152 Å². The Kier molecular flexibility index (Phi) is 7.83. The zero-order chi connectivity index (χ0) is 36.7. The van der Waals surface area contributed by atoms with Gasteiger partial charge in [-0.25, -0.2) is 9.97 Å². The van der Waals surface area contributed by atoms with Crippen molar-refractivity contribution in [2.45, 2.75) is 0 Å². The van der Waals surface area contributed by atoms with Crippen LogP contribution in [-0.2, 0) is 0 Å². The van der Waals surface area contributed by atoms with E-state index in [-0.39, 0.29) is 0 Å². The zero-order valence-corrected chi connectivity index (χ0v) is 29.6. The van der Waals surface area contributed by atoms with Crippen LogP contribution < -0.4 is 0 Å². The first-order valence-electron chi connectivity index (χ1n) is 18.3. The van der Waals surface area contributed by atoms with Gasteiger partial charge in [0.15, 0.2) is 5.82 Å². The highest BCUT2D eigenvalue weighted by atomic mass is 16.3. The Morgan fingerprint density at radius 3 is 1.71 bits per heavy atom. The second kappa shape index (κ2) is 13.4. The molecule has 0 aliphatic heterocycles. The lowest BCUT2D eigenvalue weighted by atomic mass is 9.92. The molecule has 0 radical (unpaired) electrons. The summed E-state index contributed by atoms with van der Waals surface area (Å²) in [6.07, 6.45) is 0. The molecule has 10 rings (SSSR count). The van der Waals surface area contributed by atoms with Crippen LogP contribution in [0.3, 0.4) is 0 Å². The maximum atomic E-state index is 9.42. The standard InChI is InChI=1S/C51H31N3O/c52-32-33-21-23-35(24-22-33)44-30-45-49-41(19-10-20-48(49)55-50(45)43-18-8-7-17-42(43)44)40-16-9-15-39(29-40)34-25-27-37(28-26-34)47-31-46(36-11-3-1-4-12-36)53-51(54-47)38-13-5-2-6-14-38/h1-31H. The number of aromatic nitrogens is 2. The van der Waals surface area contributed by atoms with Crippen molar-refractivity contribution in [2.75, 3.05) is 0 Å². The van der Waals surface area contributed by atoms with Crippen LogP contribution in [0.2, 0.25) is 0 Å². The summed E-state index contributed by atoms with van der Waals surface area (Å²) >= 11 is 0. The van der Waals surface area contributed by atoms with E-state index in [1.54, 1.807) is 0 Å². The Bertz CT molecular complexity index is 3010. The van der Waals surface area contributed by atoms with Crippen LogP contribution >= 0.6 is 0 Å². The van der Waals surface area contributed by atoms with Crippen LogP contribution in [0, 0.1) is 11.3 Å². The number of fused-ring (bicyclic) bond motifs is 5. The fraction of sp³-hybridized carbons (Fsp3) is 0. The molecule has 0 spiro atoms. The molecule has 2 aromatic heterocycles. The van der Waals surface area contributed by atoms with E-state index >= 15 is 0 Å². The molecule has 0 fully saturated rings. The SMILES string of the molecule is N#Cc1ccc(-c2cc3c(oc4cccc(-c5cccc(-c6ccc(-c7cc(-c8ccccc8)nc(-c8ccccc8)n7)cc6)c5)c43)c3ccccc23)cc1. The molecule has 8 aromatic carbocycles. The quantitative estimate of drug-likeness (QED) is 0.173. The number of benzene rings is 8. The summed E-state index contributed by atoms with van der Waals surface area (Å²) in [5.41, 5.74) is 13.8. The van der Waals surface area contributed by atoms with Crippen molar-refractivity contribution in [3.05, 3.63) is 194 Å². The monoisotopic (exact) mass is 701 g/mol. The number of hydrogen-bond acceptors (Lipinski definition) is 4. The van der Waals surface area contributed by atoms with Gasteiger partial charge in [0, 0.05) is 32.8 Å². The minimum Gasteiger partial charge on any atom is -0.455 e. The maximum absolute atomic E-state index is 9.42. The van der Waals surface area contributed by atoms with Crippen LogP contribution in [0.15, 0.2) is 192 Å². The number of hydrogen-bond donors (Lipinski definition) is 0. The van der Waals surface area contributed by atoms with Gasteiger partial charge in [-0.2, -0.15) is 5.26 Å². The lowest BCUT2D eigenvalue weighted by molar-refractivity contribution is 0.673. The third-order valence-electron chi connectivity index (χ3n) is 10.3. The number of rotatable bonds is 6. The maximum Gasteiger partial charge on any atom is 0.160 e. The lowest BCUT2D eigenvalue weighted by Crippen LogP contribution is -1.95. The van der Waals surface area contributed by atoms with E-state index in [1.807, 2.05) is 72.8 Å². The molecule has 256 valence electrons. The van der Waals surface area contributed by atoms with Crippen LogP contribution in [0.1, 0.15) is 5.56 Å². The molecule has 4 heteroatoms. The largest absolute Gasteiger partial charge is 0.455 e. The minimum absolute atomic E-state index is 0.642. The van der Waals surface area contributed by atoms with Crippen molar-refractivity contribution >= 4 is 32.7 Å². The van der Waals surface area contributed by atoms with E-state index in [0.717, 1.165) is 94.2 Å². The fourth-order valence-corrected chi connectivity index (χ4v) is 7.62. The molecule has 0 atom stereocenters. The van der Waals surface area contributed by atoms with E-state index in [2.05, 4.69) is 121 Å². The van der Waals surface area contributed by atoms with E-state index in [1.165, 1.54) is 0 Å². The summed E-state index contributed by atoms with van der Waals surface area (Å²) < 4.78 is 6.65. The van der Waals surface area contributed by atoms with Gasteiger partial charge >= 0.3 is 0 Å². The third-order valence-corrected chi connectivity index (χ3v) is 10.3. The highest BCUT2D eigenvalue weighted by molar-refractivity contribution is 6.22. The van der Waals surface area contributed by atoms with Gasteiger partial charge in [-0.05, 0) is 75.2 Å². The van der Waals surface area contributed by atoms with Crippen LogP contribution in [0.5, 0.6) is 0 Å². The Hall–Kier alpha value is -7.61. The summed E-state index contributed by atoms with van der Waals surface area (Å²) in [4.78, 5) is 9.98. The van der Waals surface area contributed by atoms with Crippen molar-refractivity contribution in [3.63, 3.8) is 0 Å². The second-order valence-electron chi connectivity index (χ2n) is 13.7. The van der Waals surface area contributed by atoms with Crippen LogP contribution in [-0.4, -0.2) is 9.97 Å². The summed E-state index contributed by atoms with van der Waals surface area (Å²) in [5, 5.41) is 13.7. The molecule has 55 heavy (non-hydrogen) atoms. The summed E-state index contributed by atoms with van der Waals surface area (Å²) in [6.45, 7) is 0. The minimum atomic E-state index is 0.642. The average molecular weight is 702 g/mol. The molecule has 0 amide bonds.